The number of benzene rings is 1. The number of halogens is 1. The molecule has 0 bridgehead atoms. The minimum absolute atomic E-state index is 0.175. The molecule has 2 rings (SSSR count). The Hall–Kier alpha value is -2.55. The van der Waals surface area contributed by atoms with Crippen molar-refractivity contribution in [1.29, 1.82) is 0 Å². The monoisotopic (exact) mass is 325 g/mol. The summed E-state index contributed by atoms with van der Waals surface area (Å²) in [6.07, 6.45) is 1.30. The molecular weight excluding hydrogens is 313 g/mol. The number of rotatable bonds is 4. The van der Waals surface area contributed by atoms with Gasteiger partial charge in [-0.1, -0.05) is 0 Å². The minimum Gasteiger partial charge on any atom is -0.278 e. The van der Waals surface area contributed by atoms with Gasteiger partial charge in [-0.3, -0.25) is 19.8 Å². The van der Waals surface area contributed by atoms with Gasteiger partial charge in [0.1, 0.15) is 5.82 Å². The van der Waals surface area contributed by atoms with Crippen LogP contribution in [0.5, 0.6) is 0 Å². The molecule has 1 aromatic carbocycles. The van der Waals surface area contributed by atoms with Crippen LogP contribution in [0.3, 0.4) is 0 Å². The fourth-order valence-corrected chi connectivity index (χ4v) is 2.80. The van der Waals surface area contributed by atoms with E-state index >= 15 is 0 Å². The van der Waals surface area contributed by atoms with Crippen molar-refractivity contribution in [2.75, 3.05) is 4.72 Å². The van der Waals surface area contributed by atoms with Crippen molar-refractivity contribution in [3.63, 3.8) is 0 Å². The van der Waals surface area contributed by atoms with Gasteiger partial charge in [0.25, 0.3) is 15.7 Å². The summed E-state index contributed by atoms with van der Waals surface area (Å²) >= 11 is 0. The predicted molar refractivity (Wildman–Crippen MR) is 77.6 cm³/mol. The molecule has 0 amide bonds. The molecule has 0 atom stereocenters. The lowest BCUT2D eigenvalue weighted by molar-refractivity contribution is -0.385. The lowest BCUT2D eigenvalue weighted by Gasteiger charge is -2.09. The third kappa shape index (κ3) is 3.19. The molecule has 0 saturated heterocycles. The van der Waals surface area contributed by atoms with Gasteiger partial charge in [-0.05, 0) is 32.0 Å². The van der Waals surface area contributed by atoms with Crippen molar-refractivity contribution in [3.05, 3.63) is 57.7 Å². The molecule has 1 N–H and O–H groups in total. The van der Waals surface area contributed by atoms with E-state index in [2.05, 4.69) is 9.71 Å². The van der Waals surface area contributed by atoms with Crippen LogP contribution >= 0.6 is 0 Å². The van der Waals surface area contributed by atoms with E-state index < -0.39 is 31.3 Å². The standard InChI is InChI=1S/C13H12FN3O4S/c1-8-3-4-10(7-15-8)16-22(20,21)11-5-12(14)9(2)13(6-11)17(18)19/h3-7,16H,1-2H3. The Morgan fingerprint density at radius 1 is 1.27 bits per heavy atom. The molecule has 0 saturated carbocycles. The molecule has 0 aliphatic rings. The van der Waals surface area contributed by atoms with E-state index in [4.69, 9.17) is 0 Å². The molecule has 0 fully saturated rings. The molecule has 9 heteroatoms. The lowest BCUT2D eigenvalue weighted by atomic mass is 10.2. The highest BCUT2D eigenvalue weighted by molar-refractivity contribution is 7.92. The first-order valence-electron chi connectivity index (χ1n) is 6.11. The average molecular weight is 325 g/mol. The summed E-state index contributed by atoms with van der Waals surface area (Å²) in [4.78, 5) is 13.4. The van der Waals surface area contributed by atoms with E-state index in [0.29, 0.717) is 5.69 Å². The normalized spacial score (nSPS) is 11.2. The molecule has 0 spiro atoms. The zero-order valence-corrected chi connectivity index (χ0v) is 12.5. The number of nitro groups is 1. The summed E-state index contributed by atoms with van der Waals surface area (Å²) < 4.78 is 40.3. The summed E-state index contributed by atoms with van der Waals surface area (Å²) in [7, 11) is -4.16. The largest absolute Gasteiger partial charge is 0.278 e. The number of hydrogen-bond donors (Lipinski definition) is 1. The number of pyridine rings is 1. The van der Waals surface area contributed by atoms with Crippen molar-refractivity contribution in [2.45, 2.75) is 18.7 Å². The Labute approximate surface area is 126 Å². The second kappa shape index (κ2) is 5.68. The average Bonchev–Trinajstić information content (AvgIpc) is 2.43. The van der Waals surface area contributed by atoms with E-state index in [1.165, 1.54) is 19.2 Å². The predicted octanol–water partition coefficient (Wildman–Crippen LogP) is 2.55. The van der Waals surface area contributed by atoms with E-state index in [1.54, 1.807) is 13.0 Å². The van der Waals surface area contributed by atoms with Crippen LogP contribution in [-0.2, 0) is 10.0 Å². The number of aryl methyl sites for hydroxylation is 1. The van der Waals surface area contributed by atoms with Gasteiger partial charge in [0.2, 0.25) is 0 Å². The lowest BCUT2D eigenvalue weighted by Crippen LogP contribution is -2.14. The van der Waals surface area contributed by atoms with Crippen molar-refractivity contribution < 1.29 is 17.7 Å². The van der Waals surface area contributed by atoms with Crippen LogP contribution in [0.15, 0.2) is 35.4 Å². The summed E-state index contributed by atoms with van der Waals surface area (Å²) in [5, 5.41) is 10.9. The quantitative estimate of drug-likeness (QED) is 0.687. The molecule has 2 aromatic rings. The van der Waals surface area contributed by atoms with E-state index in [1.807, 2.05) is 0 Å². The molecule has 22 heavy (non-hydrogen) atoms. The molecule has 0 unspecified atom stereocenters. The van der Waals surface area contributed by atoms with Gasteiger partial charge in [-0.15, -0.1) is 0 Å². The highest BCUT2D eigenvalue weighted by Crippen LogP contribution is 2.26. The van der Waals surface area contributed by atoms with Crippen LogP contribution in [0, 0.1) is 29.8 Å². The first kappa shape index (κ1) is 15.8. The summed E-state index contributed by atoms with van der Waals surface area (Å²) in [6.45, 7) is 2.94. The van der Waals surface area contributed by atoms with Crippen LogP contribution in [-0.4, -0.2) is 18.3 Å². The second-order valence-corrected chi connectivity index (χ2v) is 6.28. The number of sulfonamides is 1. The number of nitro benzene ring substituents is 1. The minimum atomic E-state index is -4.16. The number of hydrogen-bond acceptors (Lipinski definition) is 5. The van der Waals surface area contributed by atoms with Crippen LogP contribution in [0.2, 0.25) is 0 Å². The fourth-order valence-electron chi connectivity index (χ4n) is 1.73. The molecule has 0 aliphatic heterocycles. The maximum absolute atomic E-state index is 13.7. The molecule has 0 aliphatic carbocycles. The zero-order valence-electron chi connectivity index (χ0n) is 11.7. The molecular formula is C13H12FN3O4S. The number of aromatic nitrogens is 1. The van der Waals surface area contributed by atoms with Crippen LogP contribution in [0.1, 0.15) is 11.3 Å². The Morgan fingerprint density at radius 2 is 1.95 bits per heavy atom. The maximum Gasteiger partial charge on any atom is 0.276 e. The maximum atomic E-state index is 13.7. The third-order valence-electron chi connectivity index (χ3n) is 2.96. The van der Waals surface area contributed by atoms with E-state index in [9.17, 15) is 22.9 Å². The van der Waals surface area contributed by atoms with Gasteiger partial charge in [-0.25, -0.2) is 12.8 Å². The van der Waals surface area contributed by atoms with Gasteiger partial charge >= 0.3 is 0 Å². The number of nitrogens with one attached hydrogen (secondary N) is 1. The van der Waals surface area contributed by atoms with E-state index in [0.717, 1.165) is 12.1 Å². The van der Waals surface area contributed by atoms with Crippen molar-refractivity contribution >= 4 is 21.4 Å². The second-order valence-electron chi connectivity index (χ2n) is 4.60. The summed E-state index contributed by atoms with van der Waals surface area (Å²) in [6, 6.07) is 4.64. The first-order chi connectivity index (χ1) is 10.2. The summed E-state index contributed by atoms with van der Waals surface area (Å²) in [5.41, 5.74) is 0.0533. The number of nitrogens with zero attached hydrogens (tertiary/aromatic N) is 2. The van der Waals surface area contributed by atoms with Crippen molar-refractivity contribution in [2.24, 2.45) is 0 Å². The SMILES string of the molecule is Cc1ccc(NS(=O)(=O)c2cc(F)c(C)c([N+](=O)[O-])c2)cn1. The van der Waals surface area contributed by atoms with Gasteiger partial charge in [0, 0.05) is 11.8 Å². The first-order valence-corrected chi connectivity index (χ1v) is 7.59. The van der Waals surface area contributed by atoms with Gasteiger partial charge in [0.05, 0.1) is 27.3 Å². The Bertz CT molecular complexity index is 835. The van der Waals surface area contributed by atoms with Crippen LogP contribution < -0.4 is 4.72 Å². The van der Waals surface area contributed by atoms with Gasteiger partial charge in [-0.2, -0.15) is 0 Å². The van der Waals surface area contributed by atoms with Crippen LogP contribution in [0.25, 0.3) is 0 Å². The smallest absolute Gasteiger partial charge is 0.276 e. The molecule has 0 radical (unpaired) electrons. The van der Waals surface area contributed by atoms with Crippen molar-refractivity contribution in [1.82, 2.24) is 4.98 Å². The highest BCUT2D eigenvalue weighted by atomic mass is 32.2. The number of anilines is 1. The Morgan fingerprint density at radius 3 is 2.50 bits per heavy atom. The highest BCUT2D eigenvalue weighted by Gasteiger charge is 2.23. The Balaban J connectivity index is 2.45. The third-order valence-corrected chi connectivity index (χ3v) is 4.32. The van der Waals surface area contributed by atoms with Gasteiger partial charge < -0.3 is 0 Å². The Kier molecular flexibility index (Phi) is 4.09. The van der Waals surface area contributed by atoms with Gasteiger partial charge in [0.15, 0.2) is 0 Å². The fraction of sp³-hybridized carbons (Fsp3) is 0.154. The topological polar surface area (TPSA) is 102 Å². The molecule has 116 valence electrons. The van der Waals surface area contributed by atoms with Crippen molar-refractivity contribution in [3.8, 4) is 0 Å². The van der Waals surface area contributed by atoms with Crippen LogP contribution in [0.4, 0.5) is 15.8 Å². The zero-order chi connectivity index (χ0) is 16.5. The molecule has 1 aromatic heterocycles. The molecule has 1 heterocycles. The molecule has 7 nitrogen and oxygen atoms in total. The van der Waals surface area contributed by atoms with E-state index in [-0.39, 0.29) is 11.3 Å². The summed E-state index contributed by atoms with van der Waals surface area (Å²) in [5.74, 6) is -0.961.